The van der Waals surface area contributed by atoms with E-state index in [4.69, 9.17) is 32.7 Å². The van der Waals surface area contributed by atoms with E-state index in [0.717, 1.165) is 12.0 Å². The lowest BCUT2D eigenvalue weighted by atomic mass is 10.0. The molecule has 0 heterocycles. The molecule has 1 aromatic carbocycles. The average molecular weight is 307 g/mol. The molecule has 0 aliphatic heterocycles. The summed E-state index contributed by atoms with van der Waals surface area (Å²) in [5, 5.41) is 0. The van der Waals surface area contributed by atoms with Gasteiger partial charge in [-0.1, -0.05) is 37.0 Å². The smallest absolute Gasteiger partial charge is 0.171 e. The predicted octanol–water partition coefficient (Wildman–Crippen LogP) is 4.66. The Morgan fingerprint density at radius 3 is 2.47 bits per heavy atom. The van der Waals surface area contributed by atoms with Crippen LogP contribution in [0.25, 0.3) is 0 Å². The van der Waals surface area contributed by atoms with Gasteiger partial charge in [0.25, 0.3) is 0 Å². The molecule has 1 aromatic rings. The zero-order valence-electron chi connectivity index (χ0n) is 11.2. The fourth-order valence-electron chi connectivity index (χ4n) is 1.86. The number of methoxy groups -OCH3 is 1. The number of ether oxygens (including phenoxy) is 2. The van der Waals surface area contributed by atoms with E-state index < -0.39 is 5.82 Å². The van der Waals surface area contributed by atoms with Crippen molar-refractivity contribution < 1.29 is 13.9 Å². The van der Waals surface area contributed by atoms with Crippen molar-refractivity contribution in [1.29, 1.82) is 0 Å². The summed E-state index contributed by atoms with van der Waals surface area (Å²) in [4.78, 5) is 0. The number of benzene rings is 1. The van der Waals surface area contributed by atoms with Crippen LogP contribution in [0.3, 0.4) is 0 Å². The van der Waals surface area contributed by atoms with E-state index in [2.05, 4.69) is 0 Å². The van der Waals surface area contributed by atoms with Gasteiger partial charge in [0.2, 0.25) is 0 Å². The third kappa shape index (κ3) is 4.02. The summed E-state index contributed by atoms with van der Waals surface area (Å²) in [6, 6.07) is 1.66. The topological polar surface area (TPSA) is 18.5 Å². The lowest BCUT2D eigenvalue weighted by Gasteiger charge is -2.16. The van der Waals surface area contributed by atoms with E-state index in [0.29, 0.717) is 17.7 Å². The van der Waals surface area contributed by atoms with Gasteiger partial charge in [-0.15, -0.1) is 0 Å². The Bertz CT molecular complexity index is 469. The highest BCUT2D eigenvalue weighted by Crippen LogP contribution is 2.34. The lowest BCUT2D eigenvalue weighted by Crippen LogP contribution is -2.04. The Morgan fingerprint density at radius 1 is 1.32 bits per heavy atom. The van der Waals surface area contributed by atoms with Gasteiger partial charge in [0.05, 0.1) is 7.11 Å². The Morgan fingerprint density at radius 2 is 2.00 bits per heavy atom. The van der Waals surface area contributed by atoms with Crippen LogP contribution in [0.15, 0.2) is 16.6 Å². The summed E-state index contributed by atoms with van der Waals surface area (Å²) in [5.41, 5.74) is 1.44. The second kappa shape index (κ2) is 7.61. The molecular weight excluding hydrogens is 290 g/mol. The second-order valence-corrected chi connectivity index (χ2v) is 4.88. The number of aryl methyl sites for hydroxylation is 1. The minimum absolute atomic E-state index is 0.0975. The standard InChI is InChI=1S/C14H17Cl2FO2/c1-4-9-8-11(19-7-6-12(15)16)13(17)10(5-2)14(9)18-3/h6,8H,4-5,7H2,1-3H3. The lowest BCUT2D eigenvalue weighted by molar-refractivity contribution is 0.334. The van der Waals surface area contributed by atoms with Crippen LogP contribution in [0.5, 0.6) is 11.5 Å². The normalized spacial score (nSPS) is 10.2. The third-order valence-corrected chi connectivity index (χ3v) is 3.08. The van der Waals surface area contributed by atoms with Gasteiger partial charge in [-0.3, -0.25) is 0 Å². The van der Waals surface area contributed by atoms with Crippen molar-refractivity contribution in [3.8, 4) is 11.5 Å². The maximum absolute atomic E-state index is 14.3. The summed E-state index contributed by atoms with van der Waals surface area (Å²) in [5.74, 6) is 0.400. The van der Waals surface area contributed by atoms with Crippen LogP contribution in [-0.2, 0) is 12.8 Å². The van der Waals surface area contributed by atoms with E-state index in [9.17, 15) is 4.39 Å². The SMILES string of the molecule is CCc1cc(OCC=C(Cl)Cl)c(F)c(CC)c1OC. The van der Waals surface area contributed by atoms with Crippen molar-refractivity contribution in [1.82, 2.24) is 0 Å². The van der Waals surface area contributed by atoms with Crippen molar-refractivity contribution in [2.45, 2.75) is 26.7 Å². The van der Waals surface area contributed by atoms with Crippen molar-refractivity contribution in [2.75, 3.05) is 13.7 Å². The first-order valence-corrected chi connectivity index (χ1v) is 6.82. The van der Waals surface area contributed by atoms with Gasteiger partial charge < -0.3 is 9.47 Å². The van der Waals surface area contributed by atoms with Gasteiger partial charge in [-0.2, -0.15) is 0 Å². The predicted molar refractivity (Wildman–Crippen MR) is 77.0 cm³/mol. The van der Waals surface area contributed by atoms with E-state index in [-0.39, 0.29) is 16.8 Å². The zero-order valence-corrected chi connectivity index (χ0v) is 12.7. The molecule has 0 amide bonds. The molecule has 2 nitrogen and oxygen atoms in total. The first-order valence-electron chi connectivity index (χ1n) is 6.07. The van der Waals surface area contributed by atoms with Gasteiger partial charge >= 0.3 is 0 Å². The highest BCUT2D eigenvalue weighted by Gasteiger charge is 2.17. The Kier molecular flexibility index (Phi) is 6.46. The number of halogens is 3. The van der Waals surface area contributed by atoms with Gasteiger partial charge in [0, 0.05) is 5.56 Å². The molecule has 0 N–H and O–H groups in total. The van der Waals surface area contributed by atoms with E-state index in [1.54, 1.807) is 13.2 Å². The van der Waals surface area contributed by atoms with Crippen LogP contribution in [0.1, 0.15) is 25.0 Å². The summed E-state index contributed by atoms with van der Waals surface area (Å²) >= 11 is 11.0. The average Bonchev–Trinajstić information content (AvgIpc) is 2.39. The van der Waals surface area contributed by atoms with Crippen molar-refractivity contribution in [2.24, 2.45) is 0 Å². The van der Waals surface area contributed by atoms with Crippen molar-refractivity contribution >= 4 is 23.2 Å². The summed E-state index contributed by atoms with van der Waals surface area (Å²) in [7, 11) is 1.55. The minimum atomic E-state index is -0.393. The van der Waals surface area contributed by atoms with Crippen molar-refractivity contribution in [3.05, 3.63) is 33.6 Å². The highest BCUT2D eigenvalue weighted by atomic mass is 35.5. The van der Waals surface area contributed by atoms with Crippen LogP contribution in [-0.4, -0.2) is 13.7 Å². The molecule has 106 valence electrons. The first kappa shape index (κ1) is 16.1. The highest BCUT2D eigenvalue weighted by molar-refractivity contribution is 6.55. The van der Waals surface area contributed by atoms with Gasteiger partial charge in [0.1, 0.15) is 16.8 Å². The van der Waals surface area contributed by atoms with E-state index in [1.807, 2.05) is 13.8 Å². The Labute approximate surface area is 123 Å². The third-order valence-electron chi connectivity index (χ3n) is 2.77. The fourth-order valence-corrected chi connectivity index (χ4v) is 1.99. The van der Waals surface area contributed by atoms with Crippen LogP contribution in [0, 0.1) is 5.82 Å². The zero-order chi connectivity index (χ0) is 14.4. The molecular formula is C14H17Cl2FO2. The molecule has 0 spiro atoms. The van der Waals surface area contributed by atoms with Gasteiger partial charge in [0.15, 0.2) is 11.6 Å². The fraction of sp³-hybridized carbons (Fsp3) is 0.429. The van der Waals surface area contributed by atoms with Crippen LogP contribution in [0.2, 0.25) is 0 Å². The molecule has 0 aromatic heterocycles. The van der Waals surface area contributed by atoms with Crippen molar-refractivity contribution in [3.63, 3.8) is 0 Å². The maximum atomic E-state index is 14.3. The molecule has 1 rings (SSSR count). The summed E-state index contributed by atoms with van der Waals surface area (Å²) in [6.45, 7) is 3.98. The molecule has 19 heavy (non-hydrogen) atoms. The Hall–Kier alpha value is -0.930. The second-order valence-electron chi connectivity index (χ2n) is 3.87. The molecule has 0 saturated carbocycles. The molecule has 0 saturated heterocycles. The molecule has 0 aliphatic carbocycles. The Balaban J connectivity index is 3.15. The quantitative estimate of drug-likeness (QED) is 0.761. The van der Waals surface area contributed by atoms with Crippen LogP contribution >= 0.6 is 23.2 Å². The van der Waals surface area contributed by atoms with Crippen LogP contribution < -0.4 is 9.47 Å². The molecule has 0 unspecified atom stereocenters. The molecule has 0 bridgehead atoms. The van der Waals surface area contributed by atoms with E-state index >= 15 is 0 Å². The molecule has 0 aliphatic rings. The summed E-state index contributed by atoms with van der Waals surface area (Å²) < 4.78 is 25.0. The van der Waals surface area contributed by atoms with Gasteiger partial charge in [-0.05, 0) is 30.5 Å². The molecule has 5 heteroatoms. The number of rotatable bonds is 6. The maximum Gasteiger partial charge on any atom is 0.171 e. The first-order chi connectivity index (χ1) is 9.04. The summed E-state index contributed by atoms with van der Waals surface area (Å²) in [6.07, 6.45) is 2.73. The molecule has 0 atom stereocenters. The van der Waals surface area contributed by atoms with Crippen LogP contribution in [0.4, 0.5) is 4.39 Å². The largest absolute Gasteiger partial charge is 0.496 e. The van der Waals surface area contributed by atoms with E-state index in [1.165, 1.54) is 6.08 Å². The minimum Gasteiger partial charge on any atom is -0.496 e. The number of hydrogen-bond acceptors (Lipinski definition) is 2. The van der Waals surface area contributed by atoms with Gasteiger partial charge in [-0.25, -0.2) is 4.39 Å². The molecule has 0 radical (unpaired) electrons. The number of hydrogen-bond donors (Lipinski definition) is 0. The monoisotopic (exact) mass is 306 g/mol. The molecule has 0 fully saturated rings.